The summed E-state index contributed by atoms with van der Waals surface area (Å²) in [6.07, 6.45) is 6.24. The lowest BCUT2D eigenvalue weighted by Crippen LogP contribution is -2.16. The normalized spacial score (nSPS) is 10.6. The highest BCUT2D eigenvalue weighted by molar-refractivity contribution is 5.40. The third-order valence-corrected chi connectivity index (χ3v) is 2.77. The van der Waals surface area contributed by atoms with Crippen LogP contribution in [0.4, 0.5) is 0 Å². The number of benzene rings is 1. The van der Waals surface area contributed by atoms with Crippen molar-refractivity contribution in [2.24, 2.45) is 0 Å². The summed E-state index contributed by atoms with van der Waals surface area (Å²) in [7, 11) is 0. The van der Waals surface area contributed by atoms with Gasteiger partial charge < -0.3 is 5.32 Å². The van der Waals surface area contributed by atoms with Gasteiger partial charge in [-0.05, 0) is 30.7 Å². The van der Waals surface area contributed by atoms with Crippen LogP contribution in [-0.4, -0.2) is 16.3 Å². The van der Waals surface area contributed by atoms with Crippen LogP contribution in [0.2, 0.25) is 0 Å². The van der Waals surface area contributed by atoms with E-state index in [1.165, 1.54) is 18.4 Å². The molecule has 0 amide bonds. The SMILES string of the molecule is CCCCNCc1ccccc1-n1cccn1. The van der Waals surface area contributed by atoms with Gasteiger partial charge in [-0.15, -0.1) is 0 Å². The minimum atomic E-state index is 0.899. The topological polar surface area (TPSA) is 29.9 Å². The standard InChI is InChI=1S/C14H19N3/c1-2-3-9-15-12-13-7-4-5-8-14(13)17-11-6-10-16-17/h4-8,10-11,15H,2-3,9,12H2,1H3. The van der Waals surface area contributed by atoms with Gasteiger partial charge in [0.15, 0.2) is 0 Å². The number of hydrogen-bond donors (Lipinski definition) is 1. The first-order valence-electron chi connectivity index (χ1n) is 6.20. The summed E-state index contributed by atoms with van der Waals surface area (Å²) in [5.41, 5.74) is 2.44. The van der Waals surface area contributed by atoms with E-state index in [4.69, 9.17) is 0 Å². The van der Waals surface area contributed by atoms with Crippen molar-refractivity contribution in [3.63, 3.8) is 0 Å². The quantitative estimate of drug-likeness (QED) is 0.772. The van der Waals surface area contributed by atoms with Gasteiger partial charge in [-0.3, -0.25) is 0 Å². The maximum Gasteiger partial charge on any atom is 0.0690 e. The van der Waals surface area contributed by atoms with E-state index in [1.54, 1.807) is 6.20 Å². The van der Waals surface area contributed by atoms with Crippen LogP contribution in [0.5, 0.6) is 0 Å². The first-order chi connectivity index (χ1) is 8.42. The molecule has 0 spiro atoms. The summed E-state index contributed by atoms with van der Waals surface area (Å²) < 4.78 is 1.91. The van der Waals surface area contributed by atoms with E-state index in [9.17, 15) is 0 Å². The van der Waals surface area contributed by atoms with Crippen LogP contribution in [-0.2, 0) is 6.54 Å². The van der Waals surface area contributed by atoms with Crippen LogP contribution in [0, 0.1) is 0 Å². The number of aromatic nitrogens is 2. The zero-order valence-electron chi connectivity index (χ0n) is 10.3. The highest BCUT2D eigenvalue weighted by Gasteiger charge is 2.02. The predicted molar refractivity (Wildman–Crippen MR) is 70.2 cm³/mol. The molecule has 0 saturated heterocycles. The van der Waals surface area contributed by atoms with E-state index in [0.717, 1.165) is 18.8 Å². The van der Waals surface area contributed by atoms with Crippen molar-refractivity contribution >= 4 is 0 Å². The lowest BCUT2D eigenvalue weighted by atomic mass is 10.1. The van der Waals surface area contributed by atoms with E-state index >= 15 is 0 Å². The van der Waals surface area contributed by atoms with E-state index in [2.05, 4.69) is 35.5 Å². The lowest BCUT2D eigenvalue weighted by molar-refractivity contribution is 0.638. The zero-order valence-corrected chi connectivity index (χ0v) is 10.3. The number of nitrogens with zero attached hydrogens (tertiary/aromatic N) is 2. The van der Waals surface area contributed by atoms with Gasteiger partial charge in [0.25, 0.3) is 0 Å². The first kappa shape index (κ1) is 11.9. The molecule has 1 heterocycles. The molecule has 3 nitrogen and oxygen atoms in total. The smallest absolute Gasteiger partial charge is 0.0690 e. The summed E-state index contributed by atoms with van der Waals surface area (Å²) in [6.45, 7) is 4.18. The van der Waals surface area contributed by atoms with E-state index in [0.29, 0.717) is 0 Å². The second-order valence-corrected chi connectivity index (χ2v) is 4.11. The minimum Gasteiger partial charge on any atom is -0.313 e. The van der Waals surface area contributed by atoms with Crippen molar-refractivity contribution in [2.45, 2.75) is 26.3 Å². The fourth-order valence-corrected chi connectivity index (χ4v) is 1.82. The maximum absolute atomic E-state index is 4.28. The van der Waals surface area contributed by atoms with Gasteiger partial charge in [0, 0.05) is 18.9 Å². The van der Waals surface area contributed by atoms with Gasteiger partial charge in [-0.25, -0.2) is 4.68 Å². The molecule has 0 saturated carbocycles. The number of hydrogen-bond acceptors (Lipinski definition) is 2. The highest BCUT2D eigenvalue weighted by atomic mass is 15.3. The maximum atomic E-state index is 4.28. The van der Waals surface area contributed by atoms with Crippen LogP contribution in [0.1, 0.15) is 25.3 Å². The van der Waals surface area contributed by atoms with Gasteiger partial charge in [-0.1, -0.05) is 31.5 Å². The second kappa shape index (κ2) is 6.21. The Labute approximate surface area is 102 Å². The van der Waals surface area contributed by atoms with Gasteiger partial charge in [0.1, 0.15) is 0 Å². The molecule has 0 bridgehead atoms. The van der Waals surface area contributed by atoms with E-state index < -0.39 is 0 Å². The molecule has 3 heteroatoms. The van der Waals surface area contributed by atoms with Crippen LogP contribution < -0.4 is 5.32 Å². The summed E-state index contributed by atoms with van der Waals surface area (Å²) in [4.78, 5) is 0. The fourth-order valence-electron chi connectivity index (χ4n) is 1.82. The summed E-state index contributed by atoms with van der Waals surface area (Å²) in [5, 5.41) is 7.74. The molecule has 0 fully saturated rings. The first-order valence-corrected chi connectivity index (χ1v) is 6.20. The van der Waals surface area contributed by atoms with Gasteiger partial charge in [0.05, 0.1) is 5.69 Å². The highest BCUT2D eigenvalue weighted by Crippen LogP contribution is 2.12. The molecule has 17 heavy (non-hydrogen) atoms. The van der Waals surface area contributed by atoms with Gasteiger partial charge in [-0.2, -0.15) is 5.10 Å². The number of rotatable bonds is 6. The molecule has 2 rings (SSSR count). The summed E-state index contributed by atoms with van der Waals surface area (Å²) in [6, 6.07) is 10.3. The molecule has 2 aromatic rings. The molecule has 1 N–H and O–H groups in total. The molecule has 0 aliphatic carbocycles. The Morgan fingerprint density at radius 3 is 2.88 bits per heavy atom. The average Bonchev–Trinajstić information content (AvgIpc) is 2.89. The monoisotopic (exact) mass is 229 g/mol. The third kappa shape index (κ3) is 3.17. The third-order valence-electron chi connectivity index (χ3n) is 2.77. The van der Waals surface area contributed by atoms with Crippen molar-refractivity contribution in [2.75, 3.05) is 6.54 Å². The largest absolute Gasteiger partial charge is 0.313 e. The molecule has 0 aliphatic heterocycles. The molecule has 0 aliphatic rings. The fraction of sp³-hybridized carbons (Fsp3) is 0.357. The lowest BCUT2D eigenvalue weighted by Gasteiger charge is -2.10. The van der Waals surface area contributed by atoms with Crippen LogP contribution in [0.15, 0.2) is 42.7 Å². The molecular weight excluding hydrogens is 210 g/mol. The Kier molecular flexibility index (Phi) is 4.33. The van der Waals surface area contributed by atoms with Crippen molar-refractivity contribution in [3.8, 4) is 5.69 Å². The molecule has 0 unspecified atom stereocenters. The molecular formula is C14H19N3. The van der Waals surface area contributed by atoms with E-state index in [1.807, 2.05) is 23.0 Å². The minimum absolute atomic E-state index is 0.899. The Balaban J connectivity index is 2.06. The van der Waals surface area contributed by atoms with Crippen molar-refractivity contribution in [1.82, 2.24) is 15.1 Å². The van der Waals surface area contributed by atoms with Crippen molar-refractivity contribution in [3.05, 3.63) is 48.3 Å². The summed E-state index contributed by atoms with van der Waals surface area (Å²) in [5.74, 6) is 0. The van der Waals surface area contributed by atoms with Crippen molar-refractivity contribution in [1.29, 1.82) is 0 Å². The molecule has 0 atom stereocenters. The van der Waals surface area contributed by atoms with Crippen LogP contribution in [0.3, 0.4) is 0 Å². The second-order valence-electron chi connectivity index (χ2n) is 4.11. The summed E-state index contributed by atoms with van der Waals surface area (Å²) >= 11 is 0. The average molecular weight is 229 g/mol. The Bertz CT molecular complexity index is 434. The predicted octanol–water partition coefficient (Wildman–Crippen LogP) is 2.76. The Morgan fingerprint density at radius 2 is 2.12 bits per heavy atom. The van der Waals surface area contributed by atoms with E-state index in [-0.39, 0.29) is 0 Å². The van der Waals surface area contributed by atoms with Crippen molar-refractivity contribution < 1.29 is 0 Å². The molecule has 1 aromatic heterocycles. The Morgan fingerprint density at radius 1 is 1.24 bits per heavy atom. The molecule has 90 valence electrons. The van der Waals surface area contributed by atoms with Gasteiger partial charge in [0.2, 0.25) is 0 Å². The molecule has 1 aromatic carbocycles. The Hall–Kier alpha value is -1.61. The molecule has 0 radical (unpaired) electrons. The zero-order chi connectivity index (χ0) is 11.9. The van der Waals surface area contributed by atoms with Gasteiger partial charge >= 0.3 is 0 Å². The number of unbranched alkanes of at least 4 members (excludes halogenated alkanes) is 1. The van der Waals surface area contributed by atoms with Crippen LogP contribution in [0.25, 0.3) is 5.69 Å². The van der Waals surface area contributed by atoms with Crippen LogP contribution >= 0.6 is 0 Å². The number of nitrogens with one attached hydrogen (secondary N) is 1. The number of para-hydroxylation sites is 1.